The molecule has 2 amide bonds. The molecule has 1 aliphatic heterocycles. The SMILES string of the molecule is O=C(NCc1ccc(OC(F)(F)F)cc1)[C@@H]1c2c(F)cccc2C(=O)N1CCc1ccccn1. The molecule has 0 spiro atoms. The van der Waals surface area contributed by atoms with Crippen molar-refractivity contribution in [2.75, 3.05) is 6.54 Å². The van der Waals surface area contributed by atoms with E-state index in [2.05, 4.69) is 15.0 Å². The summed E-state index contributed by atoms with van der Waals surface area (Å²) in [6.07, 6.45) is -2.82. The molecule has 0 aliphatic carbocycles. The van der Waals surface area contributed by atoms with Gasteiger partial charge in [0.05, 0.1) is 0 Å². The van der Waals surface area contributed by atoms with Crippen molar-refractivity contribution in [2.45, 2.75) is 25.4 Å². The fraction of sp³-hybridized carbons (Fsp3) is 0.208. The molecule has 10 heteroatoms. The third kappa shape index (κ3) is 5.16. The van der Waals surface area contributed by atoms with Crippen LogP contribution in [0, 0.1) is 5.82 Å². The summed E-state index contributed by atoms with van der Waals surface area (Å²) in [6, 6.07) is 13.2. The first kappa shape index (κ1) is 23.2. The van der Waals surface area contributed by atoms with Gasteiger partial charge in [0.15, 0.2) is 0 Å². The van der Waals surface area contributed by atoms with Gasteiger partial charge in [-0.2, -0.15) is 0 Å². The molecular weight excluding hydrogens is 454 g/mol. The van der Waals surface area contributed by atoms with Crippen molar-refractivity contribution < 1.29 is 31.9 Å². The van der Waals surface area contributed by atoms with Crippen LogP contribution in [0.2, 0.25) is 0 Å². The van der Waals surface area contributed by atoms with E-state index < -0.39 is 30.0 Å². The molecular formula is C24H19F4N3O3. The number of aromatic nitrogens is 1. The van der Waals surface area contributed by atoms with E-state index in [1.54, 1.807) is 24.4 Å². The van der Waals surface area contributed by atoms with E-state index in [4.69, 9.17) is 0 Å². The second kappa shape index (κ2) is 9.50. The molecule has 4 rings (SSSR count). The zero-order valence-corrected chi connectivity index (χ0v) is 17.7. The number of carbonyl (C=O) groups is 2. The molecule has 0 bridgehead atoms. The average molecular weight is 473 g/mol. The van der Waals surface area contributed by atoms with Gasteiger partial charge >= 0.3 is 6.36 Å². The van der Waals surface area contributed by atoms with Gasteiger partial charge in [0, 0.05) is 42.5 Å². The molecule has 2 aromatic carbocycles. The minimum atomic E-state index is -4.80. The largest absolute Gasteiger partial charge is 0.573 e. The van der Waals surface area contributed by atoms with E-state index in [1.165, 1.54) is 35.2 Å². The maximum Gasteiger partial charge on any atom is 0.573 e. The summed E-state index contributed by atoms with van der Waals surface area (Å²) in [4.78, 5) is 31.6. The van der Waals surface area contributed by atoms with Gasteiger partial charge in [-0.15, -0.1) is 13.2 Å². The lowest BCUT2D eigenvalue weighted by atomic mass is 10.0. The molecule has 176 valence electrons. The fourth-order valence-corrected chi connectivity index (χ4v) is 3.81. The van der Waals surface area contributed by atoms with E-state index in [9.17, 15) is 27.2 Å². The highest BCUT2D eigenvalue weighted by Crippen LogP contribution is 2.36. The van der Waals surface area contributed by atoms with Gasteiger partial charge in [-0.05, 0) is 42.0 Å². The molecule has 2 heterocycles. The predicted octanol–water partition coefficient (Wildman–Crippen LogP) is 4.18. The Labute approximate surface area is 192 Å². The molecule has 1 N–H and O–H groups in total. The predicted molar refractivity (Wildman–Crippen MR) is 113 cm³/mol. The molecule has 3 aromatic rings. The molecule has 6 nitrogen and oxygen atoms in total. The number of hydrogen-bond donors (Lipinski definition) is 1. The lowest BCUT2D eigenvalue weighted by Gasteiger charge is -2.24. The Morgan fingerprint density at radius 2 is 1.82 bits per heavy atom. The Kier molecular flexibility index (Phi) is 6.49. The second-order valence-electron chi connectivity index (χ2n) is 7.58. The van der Waals surface area contributed by atoms with Gasteiger partial charge in [-0.3, -0.25) is 14.6 Å². The van der Waals surface area contributed by atoms with Crippen LogP contribution < -0.4 is 10.1 Å². The second-order valence-corrected chi connectivity index (χ2v) is 7.58. The lowest BCUT2D eigenvalue weighted by molar-refractivity contribution is -0.274. The van der Waals surface area contributed by atoms with Crippen LogP contribution in [0.5, 0.6) is 5.75 Å². The van der Waals surface area contributed by atoms with Crippen LogP contribution in [0.3, 0.4) is 0 Å². The van der Waals surface area contributed by atoms with Gasteiger partial charge in [0.25, 0.3) is 5.91 Å². The molecule has 0 fully saturated rings. The molecule has 0 saturated carbocycles. The Morgan fingerprint density at radius 3 is 2.50 bits per heavy atom. The van der Waals surface area contributed by atoms with Crippen LogP contribution in [0.1, 0.15) is 33.2 Å². The maximum atomic E-state index is 14.7. The van der Waals surface area contributed by atoms with Crippen LogP contribution in [0.15, 0.2) is 66.9 Å². The first-order valence-electron chi connectivity index (χ1n) is 10.3. The zero-order valence-electron chi connectivity index (χ0n) is 17.7. The summed E-state index contributed by atoms with van der Waals surface area (Å²) in [5, 5.41) is 2.65. The van der Waals surface area contributed by atoms with Gasteiger partial charge in [-0.1, -0.05) is 24.3 Å². The van der Waals surface area contributed by atoms with Gasteiger partial charge in [-0.25, -0.2) is 4.39 Å². The number of amides is 2. The third-order valence-corrected chi connectivity index (χ3v) is 5.34. The fourth-order valence-electron chi connectivity index (χ4n) is 3.81. The molecule has 0 saturated heterocycles. The van der Waals surface area contributed by atoms with Crippen molar-refractivity contribution >= 4 is 11.8 Å². The molecule has 1 aromatic heterocycles. The Bertz CT molecular complexity index is 1180. The zero-order chi connectivity index (χ0) is 24.3. The summed E-state index contributed by atoms with van der Waals surface area (Å²) in [5.41, 5.74) is 1.34. The summed E-state index contributed by atoms with van der Waals surface area (Å²) in [7, 11) is 0. The molecule has 0 radical (unpaired) electrons. The van der Waals surface area contributed by atoms with Crippen molar-refractivity contribution in [1.82, 2.24) is 15.2 Å². The third-order valence-electron chi connectivity index (χ3n) is 5.34. The van der Waals surface area contributed by atoms with E-state index in [0.29, 0.717) is 17.7 Å². The smallest absolute Gasteiger partial charge is 0.406 e. The number of nitrogens with zero attached hydrogens (tertiary/aromatic N) is 2. The summed E-state index contributed by atoms with van der Waals surface area (Å²) in [5.74, 6) is -2.12. The molecule has 0 unspecified atom stereocenters. The standard InChI is InChI=1S/C24H19F4N3O3/c25-19-6-3-5-18-20(19)21(31(23(18)33)13-11-16-4-1-2-12-29-16)22(32)30-14-15-7-9-17(10-8-15)34-24(26,27)28/h1-10,12,21H,11,13-14H2,(H,30,32)/t21-/m0/s1. The summed E-state index contributed by atoms with van der Waals surface area (Å²) in [6.45, 7) is 0.110. The first-order chi connectivity index (χ1) is 16.2. The maximum absolute atomic E-state index is 14.7. The monoisotopic (exact) mass is 473 g/mol. The normalized spacial score (nSPS) is 15.2. The number of halogens is 4. The number of nitrogens with one attached hydrogen (secondary N) is 1. The topological polar surface area (TPSA) is 71.5 Å². The number of benzene rings is 2. The van der Waals surface area contributed by atoms with Crippen LogP contribution in [-0.4, -0.2) is 34.6 Å². The molecule has 1 aliphatic rings. The van der Waals surface area contributed by atoms with Crippen molar-refractivity contribution in [2.24, 2.45) is 0 Å². The van der Waals surface area contributed by atoms with Crippen molar-refractivity contribution in [3.05, 3.63) is 95.1 Å². The van der Waals surface area contributed by atoms with Crippen molar-refractivity contribution in [3.63, 3.8) is 0 Å². The summed E-state index contributed by atoms with van der Waals surface area (Å²) < 4.78 is 55.5. The molecule has 1 atom stereocenters. The van der Waals surface area contributed by atoms with Crippen molar-refractivity contribution in [1.29, 1.82) is 0 Å². The lowest BCUT2D eigenvalue weighted by Crippen LogP contribution is -2.40. The number of rotatable bonds is 7. The van der Waals surface area contributed by atoms with E-state index in [-0.39, 0.29) is 30.0 Å². The van der Waals surface area contributed by atoms with Crippen LogP contribution in [-0.2, 0) is 17.8 Å². The number of carbonyl (C=O) groups excluding carboxylic acids is 2. The minimum absolute atomic E-state index is 0.0000500. The Hall–Kier alpha value is -3.95. The highest BCUT2D eigenvalue weighted by atomic mass is 19.4. The van der Waals surface area contributed by atoms with Crippen molar-refractivity contribution in [3.8, 4) is 5.75 Å². The Morgan fingerprint density at radius 1 is 1.06 bits per heavy atom. The molecule has 34 heavy (non-hydrogen) atoms. The average Bonchev–Trinajstić information content (AvgIpc) is 3.09. The minimum Gasteiger partial charge on any atom is -0.406 e. The van der Waals surface area contributed by atoms with E-state index in [1.807, 2.05) is 0 Å². The number of fused-ring (bicyclic) bond motifs is 1. The van der Waals surface area contributed by atoms with Crippen LogP contribution >= 0.6 is 0 Å². The van der Waals surface area contributed by atoms with E-state index >= 15 is 0 Å². The number of ether oxygens (including phenoxy) is 1. The first-order valence-corrected chi connectivity index (χ1v) is 10.3. The summed E-state index contributed by atoms with van der Waals surface area (Å²) >= 11 is 0. The highest BCUT2D eigenvalue weighted by molar-refractivity contribution is 6.04. The van der Waals surface area contributed by atoms with E-state index in [0.717, 1.165) is 12.1 Å². The number of pyridine rings is 1. The van der Waals surface area contributed by atoms with Crippen LogP contribution in [0.25, 0.3) is 0 Å². The highest BCUT2D eigenvalue weighted by Gasteiger charge is 2.42. The van der Waals surface area contributed by atoms with Crippen LogP contribution in [0.4, 0.5) is 17.6 Å². The van der Waals surface area contributed by atoms with Gasteiger partial charge in [0.2, 0.25) is 5.91 Å². The Balaban J connectivity index is 1.50. The van der Waals surface area contributed by atoms with Gasteiger partial charge < -0.3 is 15.0 Å². The quantitative estimate of drug-likeness (QED) is 0.523. The number of alkyl halides is 3. The number of hydrogen-bond acceptors (Lipinski definition) is 4. The van der Waals surface area contributed by atoms with Gasteiger partial charge in [0.1, 0.15) is 17.6 Å².